The molecule has 0 fully saturated rings. The van der Waals surface area contributed by atoms with E-state index in [2.05, 4.69) is 112 Å². The molecule has 0 spiro atoms. The van der Waals surface area contributed by atoms with Crippen molar-refractivity contribution in [3.8, 4) is 22.5 Å². The van der Waals surface area contributed by atoms with E-state index in [0.29, 0.717) is 0 Å². The molecule has 0 atom stereocenters. The van der Waals surface area contributed by atoms with Crippen LogP contribution in [0.2, 0.25) is 0 Å². The summed E-state index contributed by atoms with van der Waals surface area (Å²) in [5.74, 6) is 0. The maximum absolute atomic E-state index is 5.36. The standard InChI is InChI=1S/C33H21N5/c1-3-12-22(13-4-1)24-16-7-9-18-26(24)38-28-20-11-21-34-30(28)31-33(38)36-32-29(35-31)25-17-8-10-19-27(25)37(32)23-14-5-2-6-15-23/h1-21H. The van der Waals surface area contributed by atoms with Crippen molar-refractivity contribution in [1.29, 1.82) is 0 Å². The summed E-state index contributed by atoms with van der Waals surface area (Å²) < 4.78 is 4.41. The fourth-order valence-electron chi connectivity index (χ4n) is 5.54. The minimum atomic E-state index is 0.787. The van der Waals surface area contributed by atoms with Crippen LogP contribution in [0.25, 0.3) is 66.8 Å². The second kappa shape index (κ2) is 8.11. The van der Waals surface area contributed by atoms with E-state index in [-0.39, 0.29) is 0 Å². The zero-order valence-electron chi connectivity index (χ0n) is 20.4. The van der Waals surface area contributed by atoms with Gasteiger partial charge in [-0.2, -0.15) is 0 Å². The molecule has 0 amide bonds. The SMILES string of the molecule is c1ccc(-c2ccccc2-n2c3cccnc3c3nc4c5ccccc5n(-c5ccccc5)c4nc32)cc1. The molecular weight excluding hydrogens is 466 g/mol. The molecule has 0 N–H and O–H groups in total. The van der Waals surface area contributed by atoms with Crippen LogP contribution >= 0.6 is 0 Å². The van der Waals surface area contributed by atoms with Crippen molar-refractivity contribution in [2.75, 3.05) is 0 Å². The maximum atomic E-state index is 5.36. The molecule has 4 heterocycles. The average molecular weight is 488 g/mol. The molecule has 4 aromatic carbocycles. The summed E-state index contributed by atoms with van der Waals surface area (Å²) in [4.78, 5) is 15.4. The van der Waals surface area contributed by atoms with Crippen LogP contribution in [-0.2, 0) is 0 Å². The third kappa shape index (κ3) is 2.96. The van der Waals surface area contributed by atoms with Crippen LogP contribution in [0.15, 0.2) is 128 Å². The van der Waals surface area contributed by atoms with Crippen molar-refractivity contribution >= 4 is 44.3 Å². The highest BCUT2D eigenvalue weighted by atomic mass is 15.1. The molecule has 0 saturated carbocycles. The van der Waals surface area contributed by atoms with Gasteiger partial charge in [-0.1, -0.05) is 84.9 Å². The van der Waals surface area contributed by atoms with E-state index in [0.717, 1.165) is 66.8 Å². The molecule has 0 unspecified atom stereocenters. The zero-order chi connectivity index (χ0) is 25.1. The molecule has 4 aromatic heterocycles. The monoisotopic (exact) mass is 487 g/mol. The summed E-state index contributed by atoms with van der Waals surface area (Å²) in [5.41, 5.74) is 10.6. The third-order valence-corrected chi connectivity index (χ3v) is 7.18. The Bertz CT molecular complexity index is 2120. The molecule has 5 heteroatoms. The van der Waals surface area contributed by atoms with Crippen LogP contribution in [0.3, 0.4) is 0 Å². The highest BCUT2D eigenvalue weighted by Crippen LogP contribution is 2.37. The second-order valence-corrected chi connectivity index (χ2v) is 9.35. The molecule has 8 aromatic rings. The molecule has 0 aliphatic rings. The first kappa shape index (κ1) is 20.9. The topological polar surface area (TPSA) is 48.5 Å². The van der Waals surface area contributed by atoms with Gasteiger partial charge in [0.2, 0.25) is 0 Å². The van der Waals surface area contributed by atoms with Gasteiger partial charge in [-0.3, -0.25) is 14.1 Å². The number of pyridine rings is 1. The van der Waals surface area contributed by atoms with E-state index in [9.17, 15) is 0 Å². The summed E-state index contributed by atoms with van der Waals surface area (Å²) in [5, 5.41) is 1.07. The van der Waals surface area contributed by atoms with Crippen molar-refractivity contribution in [3.05, 3.63) is 128 Å². The van der Waals surface area contributed by atoms with Gasteiger partial charge in [-0.15, -0.1) is 0 Å². The number of para-hydroxylation sites is 3. The van der Waals surface area contributed by atoms with Gasteiger partial charge in [-0.05, 0) is 42.0 Å². The summed E-state index contributed by atoms with van der Waals surface area (Å²) >= 11 is 0. The molecule has 0 bridgehead atoms. The van der Waals surface area contributed by atoms with Crippen LogP contribution in [0, 0.1) is 0 Å². The molecule has 38 heavy (non-hydrogen) atoms. The number of hydrogen-bond acceptors (Lipinski definition) is 3. The van der Waals surface area contributed by atoms with Gasteiger partial charge in [0.25, 0.3) is 0 Å². The molecule has 0 aliphatic carbocycles. The predicted octanol–water partition coefficient (Wildman–Crippen LogP) is 7.73. The lowest BCUT2D eigenvalue weighted by Gasteiger charge is -2.13. The second-order valence-electron chi connectivity index (χ2n) is 9.35. The summed E-state index contributed by atoms with van der Waals surface area (Å²) in [6.07, 6.45) is 1.83. The average Bonchev–Trinajstić information content (AvgIpc) is 3.49. The predicted molar refractivity (Wildman–Crippen MR) is 154 cm³/mol. The Kier molecular flexibility index (Phi) is 4.45. The van der Waals surface area contributed by atoms with Crippen molar-refractivity contribution < 1.29 is 0 Å². The van der Waals surface area contributed by atoms with E-state index in [1.54, 1.807) is 0 Å². The van der Waals surface area contributed by atoms with Gasteiger partial charge in [0, 0.05) is 22.8 Å². The quantitative estimate of drug-likeness (QED) is 0.256. The minimum absolute atomic E-state index is 0.787. The number of hydrogen-bond donors (Lipinski definition) is 0. The van der Waals surface area contributed by atoms with Gasteiger partial charge in [0.15, 0.2) is 11.3 Å². The van der Waals surface area contributed by atoms with Gasteiger partial charge in [0.1, 0.15) is 16.6 Å². The number of benzene rings is 4. The number of rotatable bonds is 3. The first-order valence-electron chi connectivity index (χ1n) is 12.6. The Morgan fingerprint density at radius 3 is 2.03 bits per heavy atom. The Morgan fingerprint density at radius 2 is 1.16 bits per heavy atom. The first-order chi connectivity index (χ1) is 18.9. The lowest BCUT2D eigenvalue weighted by atomic mass is 10.0. The molecular formula is C33H21N5. The van der Waals surface area contributed by atoms with Crippen molar-refractivity contribution in [1.82, 2.24) is 24.1 Å². The fraction of sp³-hybridized carbons (Fsp3) is 0. The summed E-state index contributed by atoms with van der Waals surface area (Å²) in [7, 11) is 0. The van der Waals surface area contributed by atoms with Crippen LogP contribution in [0.1, 0.15) is 0 Å². The number of aromatic nitrogens is 5. The fourth-order valence-corrected chi connectivity index (χ4v) is 5.54. The Labute approximate surface area is 218 Å². The molecule has 8 rings (SSSR count). The van der Waals surface area contributed by atoms with E-state index in [1.165, 1.54) is 0 Å². The van der Waals surface area contributed by atoms with Crippen LogP contribution < -0.4 is 0 Å². The Morgan fingerprint density at radius 1 is 0.474 bits per heavy atom. The Balaban J connectivity index is 1.55. The first-order valence-corrected chi connectivity index (χ1v) is 12.6. The number of fused-ring (bicyclic) bond motifs is 6. The van der Waals surface area contributed by atoms with Gasteiger partial charge in [0.05, 0.1) is 16.7 Å². The molecule has 178 valence electrons. The zero-order valence-corrected chi connectivity index (χ0v) is 20.4. The van der Waals surface area contributed by atoms with Crippen LogP contribution in [0.5, 0.6) is 0 Å². The van der Waals surface area contributed by atoms with Gasteiger partial charge >= 0.3 is 0 Å². The largest absolute Gasteiger partial charge is 0.292 e. The van der Waals surface area contributed by atoms with Crippen molar-refractivity contribution in [2.45, 2.75) is 0 Å². The van der Waals surface area contributed by atoms with Crippen molar-refractivity contribution in [3.63, 3.8) is 0 Å². The molecule has 0 radical (unpaired) electrons. The van der Waals surface area contributed by atoms with E-state index < -0.39 is 0 Å². The summed E-state index contributed by atoms with van der Waals surface area (Å²) in [6, 6.07) is 41.7. The number of nitrogens with zero attached hydrogens (tertiary/aromatic N) is 5. The van der Waals surface area contributed by atoms with Crippen molar-refractivity contribution in [2.24, 2.45) is 0 Å². The van der Waals surface area contributed by atoms with Gasteiger partial charge in [-0.25, -0.2) is 9.97 Å². The van der Waals surface area contributed by atoms with E-state index in [4.69, 9.17) is 15.0 Å². The van der Waals surface area contributed by atoms with Crippen LogP contribution in [-0.4, -0.2) is 24.1 Å². The molecule has 0 saturated heterocycles. The Hall–Kier alpha value is -5.29. The highest BCUT2D eigenvalue weighted by Gasteiger charge is 2.22. The lowest BCUT2D eigenvalue weighted by molar-refractivity contribution is 1.10. The molecule has 0 aliphatic heterocycles. The molecule has 5 nitrogen and oxygen atoms in total. The lowest BCUT2D eigenvalue weighted by Crippen LogP contribution is -2.01. The summed E-state index contributed by atoms with van der Waals surface area (Å²) in [6.45, 7) is 0. The minimum Gasteiger partial charge on any atom is -0.292 e. The third-order valence-electron chi connectivity index (χ3n) is 7.18. The highest BCUT2D eigenvalue weighted by molar-refractivity contribution is 6.11. The van der Waals surface area contributed by atoms with E-state index >= 15 is 0 Å². The van der Waals surface area contributed by atoms with E-state index in [1.807, 2.05) is 24.4 Å². The normalized spacial score (nSPS) is 11.7. The van der Waals surface area contributed by atoms with Crippen LogP contribution in [0.4, 0.5) is 0 Å². The maximum Gasteiger partial charge on any atom is 0.168 e. The van der Waals surface area contributed by atoms with Gasteiger partial charge < -0.3 is 0 Å². The smallest absolute Gasteiger partial charge is 0.168 e.